The molecule has 0 aliphatic rings. The highest BCUT2D eigenvalue weighted by Gasteiger charge is 2.16. The Kier molecular flexibility index (Phi) is 4.31. The highest BCUT2D eigenvalue weighted by atomic mass is 127. The van der Waals surface area contributed by atoms with Crippen LogP contribution in [0.1, 0.15) is 5.56 Å². The van der Waals surface area contributed by atoms with Gasteiger partial charge in [-0.05, 0) is 46.9 Å². The molecule has 0 radical (unpaired) electrons. The minimum absolute atomic E-state index is 0.202. The first kappa shape index (κ1) is 13.7. The molecular formula is C13H10FIN2O2. The molecule has 2 aromatic carbocycles. The Bertz CT molecular complexity index is 602. The van der Waals surface area contributed by atoms with E-state index in [1.165, 1.54) is 12.1 Å². The second-order valence-electron chi connectivity index (χ2n) is 3.87. The number of nitro groups is 1. The molecule has 0 spiro atoms. The van der Waals surface area contributed by atoms with E-state index in [9.17, 15) is 14.5 Å². The fourth-order valence-corrected chi connectivity index (χ4v) is 1.97. The zero-order chi connectivity index (χ0) is 13.8. The minimum Gasteiger partial charge on any atom is -0.381 e. The van der Waals surface area contributed by atoms with Crippen molar-refractivity contribution in [3.63, 3.8) is 0 Å². The molecule has 0 saturated heterocycles. The van der Waals surface area contributed by atoms with Crippen LogP contribution < -0.4 is 5.32 Å². The molecule has 0 fully saturated rings. The predicted molar refractivity (Wildman–Crippen MR) is 79.5 cm³/mol. The van der Waals surface area contributed by atoms with Gasteiger partial charge in [0.25, 0.3) is 0 Å². The van der Waals surface area contributed by atoms with Gasteiger partial charge in [0.05, 0.1) is 4.92 Å². The lowest BCUT2D eigenvalue weighted by Crippen LogP contribution is -2.04. The van der Waals surface area contributed by atoms with Crippen molar-refractivity contribution in [3.05, 3.63) is 67.5 Å². The van der Waals surface area contributed by atoms with Crippen molar-refractivity contribution in [1.82, 2.24) is 0 Å². The predicted octanol–water partition coefficient (Wildman–Crippen LogP) is 3.95. The Balaban J connectivity index is 2.13. The van der Waals surface area contributed by atoms with Crippen molar-refractivity contribution < 1.29 is 9.31 Å². The monoisotopic (exact) mass is 372 g/mol. The molecule has 0 saturated carbocycles. The van der Waals surface area contributed by atoms with Crippen LogP contribution in [0.4, 0.5) is 15.8 Å². The van der Waals surface area contributed by atoms with Crippen molar-refractivity contribution >= 4 is 34.0 Å². The Hall–Kier alpha value is -1.70. The number of hydrogen-bond acceptors (Lipinski definition) is 3. The molecule has 2 aromatic rings. The average molecular weight is 372 g/mol. The van der Waals surface area contributed by atoms with Crippen LogP contribution in [0, 0.1) is 19.5 Å². The van der Waals surface area contributed by atoms with E-state index in [1.807, 2.05) is 24.3 Å². The number of anilines is 1. The van der Waals surface area contributed by atoms with Crippen LogP contribution in [0.3, 0.4) is 0 Å². The maximum atomic E-state index is 13.8. The van der Waals surface area contributed by atoms with Gasteiger partial charge in [-0.15, -0.1) is 0 Å². The Morgan fingerprint density at radius 1 is 1.21 bits per heavy atom. The smallest absolute Gasteiger partial charge is 0.305 e. The molecule has 4 nitrogen and oxygen atoms in total. The largest absolute Gasteiger partial charge is 0.381 e. The number of nitrogens with zero attached hydrogens (tertiary/aromatic N) is 1. The van der Waals surface area contributed by atoms with Crippen LogP contribution in [0.25, 0.3) is 0 Å². The molecule has 0 amide bonds. The number of hydrogen-bond donors (Lipinski definition) is 1. The first-order valence-corrected chi connectivity index (χ1v) is 6.57. The van der Waals surface area contributed by atoms with Crippen LogP contribution in [-0.2, 0) is 6.54 Å². The summed E-state index contributed by atoms with van der Waals surface area (Å²) >= 11 is 2.19. The van der Waals surface area contributed by atoms with E-state index in [-0.39, 0.29) is 12.1 Å². The Morgan fingerprint density at radius 2 is 1.89 bits per heavy atom. The van der Waals surface area contributed by atoms with Crippen LogP contribution in [0.15, 0.2) is 42.5 Å². The van der Waals surface area contributed by atoms with Crippen molar-refractivity contribution in [3.8, 4) is 0 Å². The number of nitro benzene ring substituents is 1. The van der Waals surface area contributed by atoms with Gasteiger partial charge in [-0.2, -0.15) is 4.39 Å². The standard InChI is InChI=1S/C13H10FIN2O2/c14-13-9(2-1-3-12(13)17(18)19)8-16-11-6-4-10(15)5-7-11/h1-7,16H,8H2. The molecule has 0 aromatic heterocycles. The lowest BCUT2D eigenvalue weighted by molar-refractivity contribution is -0.387. The summed E-state index contributed by atoms with van der Waals surface area (Å²) < 4.78 is 14.9. The molecule has 1 N–H and O–H groups in total. The van der Waals surface area contributed by atoms with Gasteiger partial charge in [-0.25, -0.2) is 0 Å². The quantitative estimate of drug-likeness (QED) is 0.502. The van der Waals surface area contributed by atoms with E-state index in [1.54, 1.807) is 0 Å². The third-order valence-electron chi connectivity index (χ3n) is 2.58. The van der Waals surface area contributed by atoms with Crippen molar-refractivity contribution in [2.75, 3.05) is 5.32 Å². The van der Waals surface area contributed by atoms with Crippen molar-refractivity contribution in [2.24, 2.45) is 0 Å². The van der Waals surface area contributed by atoms with Gasteiger partial charge in [0.1, 0.15) is 0 Å². The Labute approximate surface area is 122 Å². The fourth-order valence-electron chi connectivity index (χ4n) is 1.61. The minimum atomic E-state index is -0.787. The third-order valence-corrected chi connectivity index (χ3v) is 3.30. The SMILES string of the molecule is O=[N+]([O-])c1cccc(CNc2ccc(I)cc2)c1F. The zero-order valence-electron chi connectivity index (χ0n) is 9.77. The number of rotatable bonds is 4. The lowest BCUT2D eigenvalue weighted by atomic mass is 10.2. The summed E-state index contributed by atoms with van der Waals surface area (Å²) in [6.45, 7) is 0.202. The van der Waals surface area contributed by atoms with Gasteiger partial charge in [-0.1, -0.05) is 12.1 Å². The number of nitrogens with one attached hydrogen (secondary N) is 1. The summed E-state index contributed by atoms with van der Waals surface area (Å²) in [4.78, 5) is 9.91. The molecule has 0 atom stereocenters. The van der Waals surface area contributed by atoms with Gasteiger partial charge in [-0.3, -0.25) is 10.1 Å². The van der Waals surface area contributed by atoms with Crippen LogP contribution >= 0.6 is 22.6 Å². The third kappa shape index (κ3) is 3.40. The van der Waals surface area contributed by atoms with Crippen LogP contribution in [0.2, 0.25) is 0 Å². The first-order chi connectivity index (χ1) is 9.08. The average Bonchev–Trinajstić information content (AvgIpc) is 2.39. The summed E-state index contributed by atoms with van der Waals surface area (Å²) in [6, 6.07) is 11.8. The van der Waals surface area contributed by atoms with E-state index in [4.69, 9.17) is 0 Å². The maximum absolute atomic E-state index is 13.8. The van der Waals surface area contributed by atoms with E-state index >= 15 is 0 Å². The van der Waals surface area contributed by atoms with Gasteiger partial charge < -0.3 is 5.32 Å². The molecule has 0 bridgehead atoms. The van der Waals surface area contributed by atoms with E-state index in [2.05, 4.69) is 27.9 Å². The molecule has 19 heavy (non-hydrogen) atoms. The van der Waals surface area contributed by atoms with Crippen molar-refractivity contribution in [1.29, 1.82) is 0 Å². The highest BCUT2D eigenvalue weighted by Crippen LogP contribution is 2.21. The first-order valence-electron chi connectivity index (χ1n) is 5.49. The summed E-state index contributed by atoms with van der Waals surface area (Å²) in [6.07, 6.45) is 0. The fraction of sp³-hybridized carbons (Fsp3) is 0.0769. The lowest BCUT2D eigenvalue weighted by Gasteiger charge is -2.07. The van der Waals surface area contributed by atoms with E-state index in [0.717, 1.165) is 15.3 Å². The maximum Gasteiger partial charge on any atom is 0.305 e. The van der Waals surface area contributed by atoms with Gasteiger partial charge in [0, 0.05) is 27.4 Å². The highest BCUT2D eigenvalue weighted by molar-refractivity contribution is 14.1. The van der Waals surface area contributed by atoms with Crippen molar-refractivity contribution in [2.45, 2.75) is 6.54 Å². The van der Waals surface area contributed by atoms with Gasteiger partial charge >= 0.3 is 5.69 Å². The van der Waals surface area contributed by atoms with Crippen LogP contribution in [-0.4, -0.2) is 4.92 Å². The van der Waals surface area contributed by atoms with Crippen LogP contribution in [0.5, 0.6) is 0 Å². The topological polar surface area (TPSA) is 55.2 Å². The zero-order valence-corrected chi connectivity index (χ0v) is 11.9. The summed E-state index contributed by atoms with van der Waals surface area (Å²) in [7, 11) is 0. The number of halogens is 2. The molecule has 0 unspecified atom stereocenters. The van der Waals surface area contributed by atoms with Gasteiger partial charge in [0.15, 0.2) is 0 Å². The van der Waals surface area contributed by atoms with E-state index < -0.39 is 16.4 Å². The normalized spacial score (nSPS) is 10.2. The second kappa shape index (κ2) is 5.96. The molecule has 0 heterocycles. The molecule has 6 heteroatoms. The summed E-state index contributed by atoms with van der Waals surface area (Å²) in [5, 5.41) is 13.7. The molecule has 2 rings (SSSR count). The molecule has 0 aliphatic carbocycles. The summed E-state index contributed by atoms with van der Waals surface area (Å²) in [5.41, 5.74) is 0.612. The second-order valence-corrected chi connectivity index (χ2v) is 5.11. The molecular weight excluding hydrogens is 362 g/mol. The summed E-state index contributed by atoms with van der Waals surface area (Å²) in [5.74, 6) is -0.787. The number of benzene rings is 2. The molecule has 98 valence electrons. The Morgan fingerprint density at radius 3 is 2.53 bits per heavy atom. The van der Waals surface area contributed by atoms with Gasteiger partial charge in [0.2, 0.25) is 5.82 Å². The molecule has 0 aliphatic heterocycles. The van der Waals surface area contributed by atoms with E-state index in [0.29, 0.717) is 0 Å².